The average molecular weight is 359 g/mol. The zero-order valence-electron chi connectivity index (χ0n) is 14.6. The summed E-state index contributed by atoms with van der Waals surface area (Å²) in [4.78, 5) is 25.5. The monoisotopic (exact) mass is 358 g/mol. The van der Waals surface area contributed by atoms with E-state index in [1.54, 1.807) is 11.0 Å². The molecule has 1 N–H and O–H groups in total. The molecule has 0 aliphatic rings. The van der Waals surface area contributed by atoms with Crippen molar-refractivity contribution in [3.05, 3.63) is 70.2 Å². The first-order valence-corrected chi connectivity index (χ1v) is 8.64. The fourth-order valence-corrected chi connectivity index (χ4v) is 2.66. The van der Waals surface area contributed by atoms with Crippen molar-refractivity contribution >= 4 is 23.4 Å². The van der Waals surface area contributed by atoms with Crippen molar-refractivity contribution in [2.75, 3.05) is 13.1 Å². The van der Waals surface area contributed by atoms with Crippen LogP contribution in [0.4, 0.5) is 0 Å². The van der Waals surface area contributed by atoms with Gasteiger partial charge < -0.3 is 10.2 Å². The maximum absolute atomic E-state index is 12.0. The van der Waals surface area contributed by atoms with Gasteiger partial charge in [0, 0.05) is 31.6 Å². The zero-order chi connectivity index (χ0) is 18.2. The van der Waals surface area contributed by atoms with E-state index in [1.165, 1.54) is 12.5 Å². The highest BCUT2D eigenvalue weighted by Crippen LogP contribution is 2.16. The minimum Gasteiger partial charge on any atom is -0.354 e. The fraction of sp³-hybridized carbons (Fsp3) is 0.300. The van der Waals surface area contributed by atoms with Crippen molar-refractivity contribution in [1.82, 2.24) is 10.2 Å². The quantitative estimate of drug-likeness (QED) is 0.825. The summed E-state index contributed by atoms with van der Waals surface area (Å²) >= 11 is 6.15. The van der Waals surface area contributed by atoms with Crippen molar-refractivity contribution in [2.45, 2.75) is 26.8 Å². The van der Waals surface area contributed by atoms with Gasteiger partial charge >= 0.3 is 0 Å². The highest BCUT2D eigenvalue weighted by molar-refractivity contribution is 6.31. The maximum Gasteiger partial charge on any atom is 0.224 e. The predicted molar refractivity (Wildman–Crippen MR) is 100 cm³/mol. The molecule has 2 rings (SSSR count). The summed E-state index contributed by atoms with van der Waals surface area (Å²) in [6.45, 7) is 4.82. The Labute approximate surface area is 153 Å². The van der Waals surface area contributed by atoms with Crippen LogP contribution < -0.4 is 5.32 Å². The third kappa shape index (κ3) is 6.24. The molecule has 25 heavy (non-hydrogen) atoms. The van der Waals surface area contributed by atoms with Crippen LogP contribution in [0.25, 0.3) is 0 Å². The van der Waals surface area contributed by atoms with Crippen LogP contribution in [-0.2, 0) is 22.6 Å². The van der Waals surface area contributed by atoms with E-state index in [1.807, 2.05) is 49.4 Å². The number of amides is 2. The molecule has 0 saturated carbocycles. The van der Waals surface area contributed by atoms with Gasteiger partial charge in [-0.05, 0) is 24.1 Å². The lowest BCUT2D eigenvalue weighted by atomic mass is 10.1. The van der Waals surface area contributed by atoms with Gasteiger partial charge in [0.15, 0.2) is 0 Å². The van der Waals surface area contributed by atoms with E-state index in [9.17, 15) is 9.59 Å². The summed E-state index contributed by atoms with van der Waals surface area (Å²) < 4.78 is 0. The summed E-state index contributed by atoms with van der Waals surface area (Å²) in [6, 6.07) is 15.3. The minimum atomic E-state index is -0.0508. The van der Waals surface area contributed by atoms with Crippen LogP contribution in [0.3, 0.4) is 0 Å². The topological polar surface area (TPSA) is 49.4 Å². The molecule has 0 heterocycles. The number of rotatable bonds is 7. The molecule has 0 fully saturated rings. The first kappa shape index (κ1) is 19.0. The largest absolute Gasteiger partial charge is 0.354 e. The van der Waals surface area contributed by atoms with E-state index in [2.05, 4.69) is 5.32 Å². The molecule has 4 nitrogen and oxygen atoms in total. The second kappa shape index (κ2) is 9.23. The zero-order valence-corrected chi connectivity index (χ0v) is 15.3. The second-order valence-electron chi connectivity index (χ2n) is 6.04. The van der Waals surface area contributed by atoms with Gasteiger partial charge in [0.25, 0.3) is 0 Å². The molecule has 0 aliphatic carbocycles. The summed E-state index contributed by atoms with van der Waals surface area (Å²) in [5, 5.41) is 3.50. The Morgan fingerprint density at radius 1 is 1.08 bits per heavy atom. The van der Waals surface area contributed by atoms with Crippen molar-refractivity contribution in [3.8, 4) is 0 Å². The number of carbonyl (C=O) groups is 2. The van der Waals surface area contributed by atoms with Crippen LogP contribution in [0.2, 0.25) is 5.02 Å². The van der Waals surface area contributed by atoms with Gasteiger partial charge in [-0.15, -0.1) is 0 Å². The van der Waals surface area contributed by atoms with Gasteiger partial charge in [-0.25, -0.2) is 0 Å². The number of carbonyl (C=O) groups excluding carboxylic acids is 2. The third-order valence-corrected chi connectivity index (χ3v) is 4.32. The van der Waals surface area contributed by atoms with E-state index in [-0.39, 0.29) is 11.8 Å². The van der Waals surface area contributed by atoms with Gasteiger partial charge in [0.2, 0.25) is 11.8 Å². The standard InChI is InChI=1S/C20H23ClN2O2/c1-15-7-9-17(10-8-15)13-20(25)22-11-12-23(16(2)24)14-18-5-3-4-6-19(18)21/h3-10H,11-14H2,1-2H3,(H,22,25). The average Bonchev–Trinajstić information content (AvgIpc) is 2.57. The van der Waals surface area contributed by atoms with Crippen LogP contribution in [0.1, 0.15) is 23.6 Å². The number of hydrogen-bond acceptors (Lipinski definition) is 2. The smallest absolute Gasteiger partial charge is 0.224 e. The molecule has 0 spiro atoms. The number of halogens is 1. The van der Waals surface area contributed by atoms with Crippen LogP contribution in [0.15, 0.2) is 48.5 Å². The minimum absolute atomic E-state index is 0.0484. The molecular formula is C20H23ClN2O2. The molecule has 0 radical (unpaired) electrons. The van der Waals surface area contributed by atoms with E-state index in [4.69, 9.17) is 11.6 Å². The lowest BCUT2D eigenvalue weighted by molar-refractivity contribution is -0.130. The summed E-state index contributed by atoms with van der Waals surface area (Å²) in [7, 11) is 0. The summed E-state index contributed by atoms with van der Waals surface area (Å²) in [6.07, 6.45) is 0.338. The van der Waals surface area contributed by atoms with Gasteiger partial charge in [0.05, 0.1) is 6.42 Å². The Bertz CT molecular complexity index is 729. The molecule has 2 amide bonds. The lowest BCUT2D eigenvalue weighted by Crippen LogP contribution is -2.37. The van der Waals surface area contributed by atoms with Gasteiger partial charge in [-0.2, -0.15) is 0 Å². The fourth-order valence-electron chi connectivity index (χ4n) is 2.46. The number of aryl methyl sites for hydroxylation is 1. The third-order valence-electron chi connectivity index (χ3n) is 3.95. The first-order valence-electron chi connectivity index (χ1n) is 8.27. The number of hydrogen-bond donors (Lipinski definition) is 1. The molecule has 0 saturated heterocycles. The van der Waals surface area contributed by atoms with E-state index in [0.29, 0.717) is 31.1 Å². The van der Waals surface area contributed by atoms with Gasteiger partial charge in [-0.3, -0.25) is 9.59 Å². The Hall–Kier alpha value is -2.33. The molecule has 132 valence electrons. The lowest BCUT2D eigenvalue weighted by Gasteiger charge is -2.22. The van der Waals surface area contributed by atoms with Crippen LogP contribution in [0.5, 0.6) is 0 Å². The molecule has 0 aliphatic heterocycles. The molecule has 2 aromatic rings. The molecule has 0 bridgehead atoms. The molecular weight excluding hydrogens is 336 g/mol. The Morgan fingerprint density at radius 3 is 2.40 bits per heavy atom. The van der Waals surface area contributed by atoms with E-state index < -0.39 is 0 Å². The van der Waals surface area contributed by atoms with E-state index >= 15 is 0 Å². The molecule has 0 unspecified atom stereocenters. The summed E-state index contributed by atoms with van der Waals surface area (Å²) in [5.41, 5.74) is 3.04. The SMILES string of the molecule is CC(=O)N(CCNC(=O)Cc1ccc(C)cc1)Cc1ccccc1Cl. The highest BCUT2D eigenvalue weighted by atomic mass is 35.5. The van der Waals surface area contributed by atoms with Gasteiger partial charge in [-0.1, -0.05) is 59.6 Å². The molecule has 0 atom stereocenters. The second-order valence-corrected chi connectivity index (χ2v) is 6.45. The molecule has 5 heteroatoms. The highest BCUT2D eigenvalue weighted by Gasteiger charge is 2.12. The molecule has 2 aromatic carbocycles. The number of nitrogens with zero attached hydrogens (tertiary/aromatic N) is 1. The Balaban J connectivity index is 1.82. The Morgan fingerprint density at radius 2 is 1.76 bits per heavy atom. The normalized spacial score (nSPS) is 10.4. The van der Waals surface area contributed by atoms with Crippen molar-refractivity contribution in [2.24, 2.45) is 0 Å². The first-order chi connectivity index (χ1) is 12.0. The van der Waals surface area contributed by atoms with Crippen molar-refractivity contribution < 1.29 is 9.59 Å². The number of nitrogens with one attached hydrogen (secondary N) is 1. The van der Waals surface area contributed by atoms with Crippen molar-refractivity contribution in [3.63, 3.8) is 0 Å². The van der Waals surface area contributed by atoms with Crippen LogP contribution in [0, 0.1) is 6.92 Å². The van der Waals surface area contributed by atoms with Crippen LogP contribution >= 0.6 is 11.6 Å². The maximum atomic E-state index is 12.0. The number of benzene rings is 2. The van der Waals surface area contributed by atoms with E-state index in [0.717, 1.165) is 11.1 Å². The predicted octanol–water partition coefficient (Wildman–Crippen LogP) is 3.36. The van der Waals surface area contributed by atoms with Crippen LogP contribution in [-0.4, -0.2) is 29.8 Å². The molecule has 0 aromatic heterocycles. The van der Waals surface area contributed by atoms with Crippen molar-refractivity contribution in [1.29, 1.82) is 0 Å². The Kier molecular flexibility index (Phi) is 7.02. The summed E-state index contributed by atoms with van der Waals surface area (Å²) in [5.74, 6) is -0.0993. The van der Waals surface area contributed by atoms with Gasteiger partial charge in [0.1, 0.15) is 0 Å².